The molecule has 5 heteroatoms. The van der Waals surface area contributed by atoms with Crippen LogP contribution >= 0.6 is 22.6 Å². The number of nitrogens with one attached hydrogen (secondary N) is 1. The number of nitrogens with two attached hydrogens (primary N) is 1. The standard InChI is InChI=1S/C11H14IN3O/c12-9-3-1-2-4-10(9)14-11(16)7-15-5-8(13)6-15/h1-4,8H,5-7,13H2,(H,14,16). The van der Waals surface area contributed by atoms with Gasteiger partial charge in [-0.05, 0) is 34.7 Å². The summed E-state index contributed by atoms with van der Waals surface area (Å²) in [6, 6.07) is 7.98. The Labute approximate surface area is 108 Å². The Balaban J connectivity index is 1.85. The summed E-state index contributed by atoms with van der Waals surface area (Å²) in [4.78, 5) is 13.7. The number of hydrogen-bond donors (Lipinski definition) is 2. The highest BCUT2D eigenvalue weighted by Gasteiger charge is 2.24. The third kappa shape index (κ3) is 2.93. The Hall–Kier alpha value is -0.660. The molecule has 1 aromatic carbocycles. The molecule has 1 heterocycles. The molecule has 86 valence electrons. The van der Waals surface area contributed by atoms with Gasteiger partial charge < -0.3 is 11.1 Å². The second kappa shape index (κ2) is 5.11. The van der Waals surface area contributed by atoms with E-state index in [0.29, 0.717) is 6.54 Å². The Morgan fingerprint density at radius 2 is 2.19 bits per heavy atom. The first-order valence-electron chi connectivity index (χ1n) is 5.17. The molecule has 3 N–H and O–H groups in total. The first-order chi connectivity index (χ1) is 7.65. The van der Waals surface area contributed by atoms with Crippen LogP contribution in [0.4, 0.5) is 5.69 Å². The molecule has 0 aromatic heterocycles. The molecule has 0 aliphatic carbocycles. The molecular formula is C11H14IN3O. The fraction of sp³-hybridized carbons (Fsp3) is 0.364. The summed E-state index contributed by atoms with van der Waals surface area (Å²) >= 11 is 2.21. The minimum Gasteiger partial charge on any atom is -0.325 e. The zero-order valence-electron chi connectivity index (χ0n) is 8.82. The summed E-state index contributed by atoms with van der Waals surface area (Å²) in [5.74, 6) is 0.0241. The lowest BCUT2D eigenvalue weighted by molar-refractivity contribution is -0.118. The fourth-order valence-electron chi connectivity index (χ4n) is 1.69. The number of amides is 1. The second-order valence-electron chi connectivity index (χ2n) is 3.98. The van der Waals surface area contributed by atoms with Gasteiger partial charge >= 0.3 is 0 Å². The van der Waals surface area contributed by atoms with Gasteiger partial charge in [0, 0.05) is 22.7 Å². The average Bonchev–Trinajstić information content (AvgIpc) is 2.19. The van der Waals surface area contributed by atoms with Crippen LogP contribution in [0.3, 0.4) is 0 Å². The van der Waals surface area contributed by atoms with Crippen molar-refractivity contribution in [3.05, 3.63) is 27.8 Å². The van der Waals surface area contributed by atoms with Crippen molar-refractivity contribution in [3.8, 4) is 0 Å². The number of benzene rings is 1. The normalized spacial score (nSPS) is 16.9. The monoisotopic (exact) mass is 331 g/mol. The lowest BCUT2D eigenvalue weighted by Gasteiger charge is -2.36. The summed E-state index contributed by atoms with van der Waals surface area (Å²) in [5, 5.41) is 2.90. The van der Waals surface area contributed by atoms with Crippen molar-refractivity contribution in [1.29, 1.82) is 0 Å². The molecule has 1 saturated heterocycles. The maximum atomic E-state index is 11.7. The number of likely N-dealkylation sites (tertiary alicyclic amines) is 1. The third-order valence-electron chi connectivity index (χ3n) is 2.50. The molecule has 0 saturated carbocycles. The highest BCUT2D eigenvalue weighted by Crippen LogP contribution is 2.17. The number of halogens is 1. The van der Waals surface area contributed by atoms with Crippen molar-refractivity contribution >= 4 is 34.2 Å². The Bertz CT molecular complexity index is 391. The Kier molecular flexibility index (Phi) is 3.78. The van der Waals surface area contributed by atoms with Gasteiger partial charge in [-0.1, -0.05) is 12.1 Å². The molecule has 0 unspecified atom stereocenters. The van der Waals surface area contributed by atoms with Gasteiger partial charge in [-0.25, -0.2) is 0 Å². The van der Waals surface area contributed by atoms with Crippen LogP contribution in [0, 0.1) is 3.57 Å². The van der Waals surface area contributed by atoms with Crippen molar-refractivity contribution in [3.63, 3.8) is 0 Å². The topological polar surface area (TPSA) is 58.4 Å². The molecule has 1 aliphatic rings. The van der Waals surface area contributed by atoms with Gasteiger partial charge in [0.1, 0.15) is 0 Å². The van der Waals surface area contributed by atoms with E-state index in [2.05, 4.69) is 27.9 Å². The van der Waals surface area contributed by atoms with Gasteiger partial charge in [0.05, 0.1) is 12.2 Å². The molecule has 0 bridgehead atoms. The third-order valence-corrected chi connectivity index (χ3v) is 3.44. The predicted molar refractivity (Wildman–Crippen MR) is 72.2 cm³/mol. The molecule has 0 atom stereocenters. The van der Waals surface area contributed by atoms with E-state index in [1.807, 2.05) is 29.2 Å². The quantitative estimate of drug-likeness (QED) is 0.809. The molecule has 4 nitrogen and oxygen atoms in total. The van der Waals surface area contributed by atoms with Crippen LogP contribution in [0.15, 0.2) is 24.3 Å². The number of carbonyl (C=O) groups excluding carboxylic acids is 1. The minimum absolute atomic E-state index is 0.0241. The highest BCUT2D eigenvalue weighted by molar-refractivity contribution is 14.1. The zero-order valence-corrected chi connectivity index (χ0v) is 11.0. The lowest BCUT2D eigenvalue weighted by atomic mass is 10.1. The van der Waals surface area contributed by atoms with Gasteiger partial charge in [-0.15, -0.1) is 0 Å². The lowest BCUT2D eigenvalue weighted by Crippen LogP contribution is -2.57. The molecule has 1 fully saturated rings. The van der Waals surface area contributed by atoms with E-state index in [1.54, 1.807) is 0 Å². The SMILES string of the molecule is NC1CN(CC(=O)Nc2ccccc2I)C1. The van der Waals surface area contributed by atoms with Crippen LogP contribution in [0.5, 0.6) is 0 Å². The Morgan fingerprint density at radius 3 is 2.81 bits per heavy atom. The van der Waals surface area contributed by atoms with Crippen molar-refractivity contribution in [2.24, 2.45) is 5.73 Å². The first kappa shape index (κ1) is 11.8. The zero-order chi connectivity index (χ0) is 11.5. The highest BCUT2D eigenvalue weighted by atomic mass is 127. The van der Waals surface area contributed by atoms with E-state index in [-0.39, 0.29) is 11.9 Å². The van der Waals surface area contributed by atoms with Crippen LogP contribution in [-0.2, 0) is 4.79 Å². The van der Waals surface area contributed by atoms with Crippen molar-refractivity contribution in [2.45, 2.75) is 6.04 Å². The molecule has 1 aromatic rings. The van der Waals surface area contributed by atoms with Crippen molar-refractivity contribution in [2.75, 3.05) is 25.0 Å². The van der Waals surface area contributed by atoms with E-state index in [1.165, 1.54) is 0 Å². The van der Waals surface area contributed by atoms with Crippen LogP contribution in [-0.4, -0.2) is 36.5 Å². The van der Waals surface area contributed by atoms with Crippen molar-refractivity contribution in [1.82, 2.24) is 4.90 Å². The van der Waals surface area contributed by atoms with Crippen LogP contribution in [0.2, 0.25) is 0 Å². The van der Waals surface area contributed by atoms with Crippen molar-refractivity contribution < 1.29 is 4.79 Å². The van der Waals surface area contributed by atoms with E-state index in [0.717, 1.165) is 22.3 Å². The molecule has 0 spiro atoms. The van der Waals surface area contributed by atoms with E-state index >= 15 is 0 Å². The van der Waals surface area contributed by atoms with E-state index < -0.39 is 0 Å². The Morgan fingerprint density at radius 1 is 1.50 bits per heavy atom. The number of para-hydroxylation sites is 1. The van der Waals surface area contributed by atoms with Gasteiger partial charge in [0.15, 0.2) is 0 Å². The van der Waals surface area contributed by atoms with E-state index in [4.69, 9.17) is 5.73 Å². The number of carbonyl (C=O) groups is 1. The number of nitrogens with zero attached hydrogens (tertiary/aromatic N) is 1. The fourth-order valence-corrected chi connectivity index (χ4v) is 2.22. The van der Waals surface area contributed by atoms with Gasteiger partial charge in [0.25, 0.3) is 0 Å². The first-order valence-corrected chi connectivity index (χ1v) is 6.25. The summed E-state index contributed by atoms with van der Waals surface area (Å²) in [6.07, 6.45) is 0. The largest absolute Gasteiger partial charge is 0.325 e. The van der Waals surface area contributed by atoms with Crippen LogP contribution in [0.25, 0.3) is 0 Å². The number of anilines is 1. The number of rotatable bonds is 3. The van der Waals surface area contributed by atoms with Gasteiger partial charge in [0.2, 0.25) is 5.91 Å². The van der Waals surface area contributed by atoms with Crippen LogP contribution < -0.4 is 11.1 Å². The van der Waals surface area contributed by atoms with Gasteiger partial charge in [-0.2, -0.15) is 0 Å². The molecule has 0 radical (unpaired) electrons. The number of hydrogen-bond acceptors (Lipinski definition) is 3. The molecule has 1 aliphatic heterocycles. The maximum Gasteiger partial charge on any atom is 0.238 e. The predicted octanol–water partition coefficient (Wildman–Crippen LogP) is 0.873. The molecule has 1 amide bonds. The minimum atomic E-state index is 0.0241. The second-order valence-corrected chi connectivity index (χ2v) is 5.14. The van der Waals surface area contributed by atoms with E-state index in [9.17, 15) is 4.79 Å². The molecular weight excluding hydrogens is 317 g/mol. The van der Waals surface area contributed by atoms with Crippen LogP contribution in [0.1, 0.15) is 0 Å². The summed E-state index contributed by atoms with van der Waals surface area (Å²) in [7, 11) is 0. The maximum absolute atomic E-state index is 11.7. The summed E-state index contributed by atoms with van der Waals surface area (Å²) < 4.78 is 1.05. The smallest absolute Gasteiger partial charge is 0.238 e. The summed E-state index contributed by atoms with van der Waals surface area (Å²) in [5.41, 5.74) is 6.52. The molecule has 2 rings (SSSR count). The average molecular weight is 331 g/mol. The van der Waals surface area contributed by atoms with Gasteiger partial charge in [-0.3, -0.25) is 9.69 Å². The molecule has 16 heavy (non-hydrogen) atoms. The summed E-state index contributed by atoms with van der Waals surface area (Å²) in [6.45, 7) is 2.07.